The summed E-state index contributed by atoms with van der Waals surface area (Å²) in [5.41, 5.74) is 0.391. The Morgan fingerprint density at radius 1 is 1.04 bits per heavy atom. The van der Waals surface area contributed by atoms with Crippen molar-refractivity contribution >= 4 is 27.6 Å². The molecule has 1 aromatic rings. The lowest BCUT2D eigenvalue weighted by Gasteiger charge is -2.25. The molecule has 0 saturated carbocycles. The van der Waals surface area contributed by atoms with E-state index in [0.29, 0.717) is 18.8 Å². The molecule has 1 amide bonds. The van der Waals surface area contributed by atoms with Gasteiger partial charge in [-0.3, -0.25) is 4.79 Å². The van der Waals surface area contributed by atoms with Crippen molar-refractivity contribution in [1.29, 1.82) is 0 Å². The number of hydrogen-bond donors (Lipinski definition) is 2. The minimum absolute atomic E-state index is 0.179. The maximum absolute atomic E-state index is 12.5. The number of aliphatic carboxylic acids is 1. The zero-order chi connectivity index (χ0) is 16.9. The molecule has 124 valence electrons. The summed E-state index contributed by atoms with van der Waals surface area (Å²) in [7, 11) is -3.50. The number of carboxylic acid groups (broad SMARTS) is 1. The number of nitrogens with one attached hydrogen (secondary N) is 1. The van der Waals surface area contributed by atoms with Crippen LogP contribution in [0.1, 0.15) is 19.3 Å². The minimum Gasteiger partial charge on any atom is -0.478 e. The molecule has 0 atom stereocenters. The third kappa shape index (κ3) is 4.64. The van der Waals surface area contributed by atoms with Crippen LogP contribution in [-0.4, -0.2) is 42.8 Å². The Morgan fingerprint density at radius 3 is 2.22 bits per heavy atom. The van der Waals surface area contributed by atoms with Crippen molar-refractivity contribution in [3.63, 3.8) is 0 Å². The third-order valence-corrected chi connectivity index (χ3v) is 5.36. The van der Waals surface area contributed by atoms with E-state index in [0.717, 1.165) is 31.4 Å². The zero-order valence-electron chi connectivity index (χ0n) is 12.4. The van der Waals surface area contributed by atoms with Crippen LogP contribution < -0.4 is 5.32 Å². The Balaban J connectivity index is 2.07. The van der Waals surface area contributed by atoms with Gasteiger partial charge in [-0.1, -0.05) is 6.42 Å². The van der Waals surface area contributed by atoms with Crippen LogP contribution >= 0.6 is 0 Å². The van der Waals surface area contributed by atoms with Crippen LogP contribution in [0.5, 0.6) is 0 Å². The van der Waals surface area contributed by atoms with E-state index in [4.69, 9.17) is 5.11 Å². The van der Waals surface area contributed by atoms with Gasteiger partial charge in [0.05, 0.1) is 4.90 Å². The molecule has 1 heterocycles. The Labute approximate surface area is 134 Å². The number of amides is 1. The van der Waals surface area contributed by atoms with E-state index in [9.17, 15) is 18.0 Å². The molecule has 8 heteroatoms. The molecule has 0 bridgehead atoms. The van der Waals surface area contributed by atoms with Crippen LogP contribution in [0.25, 0.3) is 0 Å². The molecule has 7 nitrogen and oxygen atoms in total. The molecule has 1 saturated heterocycles. The second-order valence-electron chi connectivity index (χ2n) is 5.15. The van der Waals surface area contributed by atoms with Crippen molar-refractivity contribution in [2.24, 2.45) is 0 Å². The molecular formula is C15H18N2O5S. The molecule has 0 aromatic heterocycles. The van der Waals surface area contributed by atoms with Crippen molar-refractivity contribution < 1.29 is 23.1 Å². The lowest BCUT2D eigenvalue weighted by Crippen LogP contribution is -2.35. The van der Waals surface area contributed by atoms with Crippen LogP contribution in [0.2, 0.25) is 0 Å². The van der Waals surface area contributed by atoms with Crippen molar-refractivity contribution in [2.45, 2.75) is 24.2 Å². The van der Waals surface area contributed by atoms with Gasteiger partial charge in [0.2, 0.25) is 15.9 Å². The number of carboxylic acids is 1. The second-order valence-corrected chi connectivity index (χ2v) is 7.09. The molecular weight excluding hydrogens is 320 g/mol. The fraction of sp³-hybridized carbons (Fsp3) is 0.333. The highest BCUT2D eigenvalue weighted by Crippen LogP contribution is 2.21. The predicted molar refractivity (Wildman–Crippen MR) is 84.5 cm³/mol. The number of carbonyl (C=O) groups is 2. The maximum atomic E-state index is 12.5. The van der Waals surface area contributed by atoms with Crippen molar-refractivity contribution in [3.8, 4) is 0 Å². The van der Waals surface area contributed by atoms with E-state index in [1.165, 1.54) is 28.6 Å². The lowest BCUT2D eigenvalue weighted by molar-refractivity contribution is -0.131. The average molecular weight is 338 g/mol. The molecule has 23 heavy (non-hydrogen) atoms. The van der Waals surface area contributed by atoms with E-state index in [-0.39, 0.29) is 4.90 Å². The second kappa shape index (κ2) is 7.38. The van der Waals surface area contributed by atoms with E-state index in [1.807, 2.05) is 0 Å². The molecule has 0 aliphatic carbocycles. The molecule has 0 radical (unpaired) electrons. The number of benzene rings is 1. The third-order valence-electron chi connectivity index (χ3n) is 3.45. The van der Waals surface area contributed by atoms with Gasteiger partial charge in [0, 0.05) is 30.9 Å². The van der Waals surface area contributed by atoms with Crippen LogP contribution in [0, 0.1) is 0 Å². The quantitative estimate of drug-likeness (QED) is 0.791. The lowest BCUT2D eigenvalue weighted by atomic mass is 10.2. The van der Waals surface area contributed by atoms with Crippen LogP contribution in [0.3, 0.4) is 0 Å². The topological polar surface area (TPSA) is 104 Å². The Kier molecular flexibility index (Phi) is 5.51. The van der Waals surface area contributed by atoms with Gasteiger partial charge in [0.1, 0.15) is 0 Å². The first-order valence-corrected chi connectivity index (χ1v) is 8.66. The van der Waals surface area contributed by atoms with Gasteiger partial charge >= 0.3 is 5.97 Å². The molecule has 2 rings (SSSR count). The first-order valence-electron chi connectivity index (χ1n) is 7.22. The highest BCUT2D eigenvalue weighted by atomic mass is 32.2. The summed E-state index contributed by atoms with van der Waals surface area (Å²) in [6, 6.07) is 5.81. The molecule has 2 N–H and O–H groups in total. The highest BCUT2D eigenvalue weighted by Gasteiger charge is 2.25. The first kappa shape index (κ1) is 17.2. The van der Waals surface area contributed by atoms with Crippen LogP contribution in [0.4, 0.5) is 5.69 Å². The van der Waals surface area contributed by atoms with E-state index < -0.39 is 21.9 Å². The highest BCUT2D eigenvalue weighted by molar-refractivity contribution is 7.89. The van der Waals surface area contributed by atoms with Crippen molar-refractivity contribution in [1.82, 2.24) is 4.31 Å². The molecule has 1 fully saturated rings. The van der Waals surface area contributed by atoms with Gasteiger partial charge in [-0.15, -0.1) is 0 Å². The normalized spacial score (nSPS) is 16.3. The summed E-state index contributed by atoms with van der Waals surface area (Å²) in [6.07, 6.45) is 4.39. The minimum atomic E-state index is -3.50. The van der Waals surface area contributed by atoms with Gasteiger partial charge in [-0.25, -0.2) is 13.2 Å². The van der Waals surface area contributed by atoms with E-state index >= 15 is 0 Å². The Bertz CT molecular complexity index is 704. The molecule has 1 aliphatic heterocycles. The monoisotopic (exact) mass is 338 g/mol. The SMILES string of the molecule is O=C(O)/C=C/C(=O)Nc1ccc(S(=O)(=O)N2CCCCC2)cc1. The molecule has 1 aromatic carbocycles. The number of nitrogens with zero attached hydrogens (tertiary/aromatic N) is 1. The van der Waals surface area contributed by atoms with Gasteiger partial charge in [0.25, 0.3) is 0 Å². The van der Waals surface area contributed by atoms with Gasteiger partial charge < -0.3 is 10.4 Å². The summed E-state index contributed by atoms with van der Waals surface area (Å²) < 4.78 is 26.4. The number of hydrogen-bond acceptors (Lipinski definition) is 4. The summed E-state index contributed by atoms with van der Waals surface area (Å²) in [5.74, 6) is -1.82. The summed E-state index contributed by atoms with van der Waals surface area (Å²) in [5, 5.41) is 10.9. The van der Waals surface area contributed by atoms with Crippen molar-refractivity contribution in [3.05, 3.63) is 36.4 Å². The average Bonchev–Trinajstić information content (AvgIpc) is 2.54. The fourth-order valence-electron chi connectivity index (χ4n) is 2.30. The zero-order valence-corrected chi connectivity index (χ0v) is 13.3. The standard InChI is InChI=1S/C15H18N2O5S/c18-14(8-9-15(19)20)16-12-4-6-13(7-5-12)23(21,22)17-10-2-1-3-11-17/h4-9H,1-3,10-11H2,(H,16,18)(H,19,20)/b9-8+. The first-order chi connectivity index (χ1) is 10.9. The van der Waals surface area contributed by atoms with Crippen LogP contribution in [0.15, 0.2) is 41.3 Å². The number of carbonyl (C=O) groups excluding carboxylic acids is 1. The molecule has 0 unspecified atom stereocenters. The summed E-state index contributed by atoms with van der Waals surface area (Å²) in [6.45, 7) is 1.06. The van der Waals surface area contributed by atoms with Gasteiger partial charge in [-0.05, 0) is 37.1 Å². The van der Waals surface area contributed by atoms with E-state index in [2.05, 4.69) is 5.32 Å². The van der Waals surface area contributed by atoms with Gasteiger partial charge in [0.15, 0.2) is 0 Å². The van der Waals surface area contributed by atoms with E-state index in [1.54, 1.807) is 0 Å². The number of anilines is 1. The summed E-state index contributed by atoms with van der Waals surface area (Å²) >= 11 is 0. The van der Waals surface area contributed by atoms with Crippen LogP contribution in [-0.2, 0) is 19.6 Å². The smallest absolute Gasteiger partial charge is 0.328 e. The number of rotatable bonds is 5. The fourth-order valence-corrected chi connectivity index (χ4v) is 3.81. The largest absolute Gasteiger partial charge is 0.478 e. The Hall–Kier alpha value is -2.19. The van der Waals surface area contributed by atoms with Crippen molar-refractivity contribution in [2.75, 3.05) is 18.4 Å². The molecule has 0 spiro atoms. The number of sulfonamides is 1. The number of piperidine rings is 1. The van der Waals surface area contributed by atoms with Gasteiger partial charge in [-0.2, -0.15) is 4.31 Å². The molecule has 1 aliphatic rings. The summed E-state index contributed by atoms with van der Waals surface area (Å²) in [4.78, 5) is 22.0. The maximum Gasteiger partial charge on any atom is 0.328 e. The Morgan fingerprint density at radius 2 is 1.65 bits per heavy atom. The predicted octanol–water partition coefficient (Wildman–Crippen LogP) is 1.44.